The van der Waals surface area contributed by atoms with Crippen molar-refractivity contribution < 1.29 is 5.11 Å². The summed E-state index contributed by atoms with van der Waals surface area (Å²) in [6.07, 6.45) is 0. The van der Waals surface area contributed by atoms with Crippen molar-refractivity contribution in [1.29, 1.82) is 0 Å². The van der Waals surface area contributed by atoms with Crippen LogP contribution in [0, 0.1) is 0 Å². The third-order valence-electron chi connectivity index (χ3n) is 2.34. The zero-order valence-electron chi connectivity index (χ0n) is 9.66. The Labute approximate surface area is 110 Å². The van der Waals surface area contributed by atoms with Gasteiger partial charge in [0.05, 0.1) is 6.61 Å². The van der Waals surface area contributed by atoms with E-state index < -0.39 is 0 Å². The Morgan fingerprint density at radius 2 is 2.12 bits per heavy atom. The van der Waals surface area contributed by atoms with Crippen molar-refractivity contribution in [1.82, 2.24) is 5.32 Å². The maximum Gasteiger partial charge on any atom is 0.0618 e. The number of likely N-dealkylation sites (N-methyl/N-ethyl adjacent to an activating group) is 1. The lowest BCUT2D eigenvalue weighted by atomic mass is 10.1. The van der Waals surface area contributed by atoms with Gasteiger partial charge in [0, 0.05) is 20.7 Å². The molecule has 0 aromatic heterocycles. The number of hydrogen-bond acceptors (Lipinski definition) is 3. The summed E-state index contributed by atoms with van der Waals surface area (Å²) in [5.74, 6) is 0.847. The average molecular weight is 304 g/mol. The van der Waals surface area contributed by atoms with Crippen molar-refractivity contribution in [3.8, 4) is 0 Å². The Hall–Kier alpha value is -0.0300. The third kappa shape index (κ3) is 4.09. The van der Waals surface area contributed by atoms with E-state index in [4.69, 9.17) is 0 Å². The molecule has 2 nitrogen and oxygen atoms in total. The molecule has 0 aliphatic rings. The van der Waals surface area contributed by atoms with Gasteiger partial charge in [0.2, 0.25) is 0 Å². The number of nitrogens with one attached hydrogen (secondary N) is 1. The van der Waals surface area contributed by atoms with E-state index in [9.17, 15) is 5.11 Å². The van der Waals surface area contributed by atoms with E-state index in [-0.39, 0.29) is 12.1 Å². The van der Waals surface area contributed by atoms with Crippen LogP contribution in [0.3, 0.4) is 0 Å². The highest BCUT2D eigenvalue weighted by Gasteiger charge is 2.22. The number of hydrogen-bond donors (Lipinski definition) is 2. The Bertz CT molecular complexity index is 335. The fourth-order valence-corrected chi connectivity index (χ4v) is 3.05. The van der Waals surface area contributed by atoms with Gasteiger partial charge in [-0.1, -0.05) is 19.1 Å². The standard InChI is InChI=1S/C12H18BrNOS/c1-3-14-12(2,8-15)9-16-11-7-5-4-6-10(11)13/h4-7,14-15H,3,8-9H2,1-2H3. The first kappa shape index (κ1) is 14.0. The summed E-state index contributed by atoms with van der Waals surface area (Å²) in [5, 5.41) is 12.7. The van der Waals surface area contributed by atoms with Crippen molar-refractivity contribution >= 4 is 27.7 Å². The Balaban J connectivity index is 2.59. The van der Waals surface area contributed by atoms with Crippen LogP contribution in [0.15, 0.2) is 33.6 Å². The minimum Gasteiger partial charge on any atom is -0.394 e. The molecule has 0 fully saturated rings. The van der Waals surface area contributed by atoms with Crippen LogP contribution in [0.25, 0.3) is 0 Å². The first-order valence-corrected chi connectivity index (χ1v) is 7.12. The normalized spacial score (nSPS) is 14.8. The van der Waals surface area contributed by atoms with Crippen molar-refractivity contribution in [3.63, 3.8) is 0 Å². The van der Waals surface area contributed by atoms with Gasteiger partial charge < -0.3 is 10.4 Å². The van der Waals surface area contributed by atoms with E-state index >= 15 is 0 Å². The van der Waals surface area contributed by atoms with Gasteiger partial charge in [-0.05, 0) is 41.5 Å². The second kappa shape index (κ2) is 6.64. The highest BCUT2D eigenvalue weighted by atomic mass is 79.9. The van der Waals surface area contributed by atoms with Crippen LogP contribution in [0.5, 0.6) is 0 Å². The van der Waals surface area contributed by atoms with E-state index in [0.29, 0.717) is 0 Å². The van der Waals surface area contributed by atoms with Gasteiger partial charge in [-0.25, -0.2) is 0 Å². The first-order chi connectivity index (χ1) is 7.61. The molecule has 0 saturated heterocycles. The summed E-state index contributed by atoms with van der Waals surface area (Å²) in [5.41, 5.74) is -0.214. The van der Waals surface area contributed by atoms with Gasteiger partial charge >= 0.3 is 0 Å². The average Bonchev–Trinajstić information content (AvgIpc) is 2.28. The molecule has 0 saturated carbocycles. The molecule has 0 bridgehead atoms. The summed E-state index contributed by atoms with van der Waals surface area (Å²) in [4.78, 5) is 1.21. The molecule has 0 aliphatic heterocycles. The highest BCUT2D eigenvalue weighted by molar-refractivity contribution is 9.10. The lowest BCUT2D eigenvalue weighted by Crippen LogP contribution is -2.47. The molecule has 0 amide bonds. The molecule has 90 valence electrons. The molecule has 4 heteroatoms. The fourth-order valence-electron chi connectivity index (χ4n) is 1.38. The molecule has 0 aliphatic carbocycles. The Morgan fingerprint density at radius 1 is 1.44 bits per heavy atom. The molecule has 16 heavy (non-hydrogen) atoms. The molecule has 1 aromatic rings. The summed E-state index contributed by atoms with van der Waals surface area (Å²) in [6.45, 7) is 5.11. The van der Waals surface area contributed by atoms with Crippen LogP contribution < -0.4 is 5.32 Å². The number of aliphatic hydroxyl groups excluding tert-OH is 1. The number of thioether (sulfide) groups is 1. The molecular formula is C12H18BrNOS. The predicted octanol–water partition coefficient (Wildman–Crippen LogP) is 2.90. The minimum absolute atomic E-state index is 0.151. The van der Waals surface area contributed by atoms with Gasteiger partial charge in [-0.15, -0.1) is 11.8 Å². The molecule has 1 rings (SSSR count). The van der Waals surface area contributed by atoms with Crippen molar-refractivity contribution in [2.24, 2.45) is 0 Å². The lowest BCUT2D eigenvalue weighted by molar-refractivity contribution is 0.194. The summed E-state index contributed by atoms with van der Waals surface area (Å²) in [6, 6.07) is 8.14. The zero-order chi connectivity index (χ0) is 12.0. The smallest absolute Gasteiger partial charge is 0.0618 e. The first-order valence-electron chi connectivity index (χ1n) is 5.34. The van der Waals surface area contributed by atoms with Crippen molar-refractivity contribution in [2.75, 3.05) is 18.9 Å². The predicted molar refractivity (Wildman–Crippen MR) is 74.0 cm³/mol. The largest absolute Gasteiger partial charge is 0.394 e. The van der Waals surface area contributed by atoms with Gasteiger partial charge in [0.15, 0.2) is 0 Å². The fraction of sp³-hybridized carbons (Fsp3) is 0.500. The SMILES string of the molecule is CCNC(C)(CO)CSc1ccccc1Br. The Morgan fingerprint density at radius 3 is 2.69 bits per heavy atom. The molecule has 1 aromatic carbocycles. The minimum atomic E-state index is -0.214. The van der Waals surface area contributed by atoms with E-state index in [1.807, 2.05) is 25.1 Å². The maximum absolute atomic E-state index is 9.38. The number of rotatable bonds is 6. The topological polar surface area (TPSA) is 32.3 Å². The Kier molecular flexibility index (Phi) is 5.83. The third-order valence-corrected chi connectivity index (χ3v) is 4.74. The molecule has 0 spiro atoms. The van der Waals surface area contributed by atoms with E-state index in [1.54, 1.807) is 11.8 Å². The molecule has 1 atom stereocenters. The van der Waals surface area contributed by atoms with E-state index in [0.717, 1.165) is 16.8 Å². The molecule has 0 heterocycles. The zero-order valence-corrected chi connectivity index (χ0v) is 12.1. The van der Waals surface area contributed by atoms with Gasteiger partial charge in [0.25, 0.3) is 0 Å². The van der Waals surface area contributed by atoms with E-state index in [2.05, 4.69) is 34.2 Å². The summed E-state index contributed by atoms with van der Waals surface area (Å²) >= 11 is 5.27. The van der Waals surface area contributed by atoms with Crippen LogP contribution in [-0.4, -0.2) is 29.5 Å². The molecule has 2 N–H and O–H groups in total. The lowest BCUT2D eigenvalue weighted by Gasteiger charge is -2.28. The number of benzene rings is 1. The molecule has 0 radical (unpaired) electrons. The second-order valence-electron chi connectivity index (χ2n) is 3.97. The number of halogens is 1. The van der Waals surface area contributed by atoms with Crippen molar-refractivity contribution in [3.05, 3.63) is 28.7 Å². The van der Waals surface area contributed by atoms with Crippen molar-refractivity contribution in [2.45, 2.75) is 24.3 Å². The maximum atomic E-state index is 9.38. The van der Waals surface area contributed by atoms with Gasteiger partial charge in [-0.2, -0.15) is 0 Å². The van der Waals surface area contributed by atoms with Crippen LogP contribution in [0.4, 0.5) is 0 Å². The van der Waals surface area contributed by atoms with E-state index in [1.165, 1.54) is 4.90 Å². The number of aliphatic hydroxyl groups is 1. The summed E-state index contributed by atoms with van der Waals surface area (Å²) < 4.78 is 1.11. The second-order valence-corrected chi connectivity index (χ2v) is 5.84. The van der Waals surface area contributed by atoms with Gasteiger partial charge in [0.1, 0.15) is 0 Å². The van der Waals surface area contributed by atoms with Crippen LogP contribution >= 0.6 is 27.7 Å². The van der Waals surface area contributed by atoms with Gasteiger partial charge in [-0.3, -0.25) is 0 Å². The molecular weight excluding hydrogens is 286 g/mol. The monoisotopic (exact) mass is 303 g/mol. The van der Waals surface area contributed by atoms with Crippen LogP contribution in [0.1, 0.15) is 13.8 Å². The molecule has 1 unspecified atom stereocenters. The summed E-state index contributed by atoms with van der Waals surface area (Å²) in [7, 11) is 0. The van der Waals surface area contributed by atoms with Crippen LogP contribution in [-0.2, 0) is 0 Å². The highest BCUT2D eigenvalue weighted by Crippen LogP contribution is 2.29. The quantitative estimate of drug-likeness (QED) is 0.793. The van der Waals surface area contributed by atoms with Crippen LogP contribution in [0.2, 0.25) is 0 Å².